The van der Waals surface area contributed by atoms with Gasteiger partial charge in [0.15, 0.2) is 0 Å². The van der Waals surface area contributed by atoms with E-state index in [9.17, 15) is 4.79 Å². The molecule has 2 unspecified atom stereocenters. The number of rotatable bonds is 5. The van der Waals surface area contributed by atoms with Gasteiger partial charge in [-0.2, -0.15) is 0 Å². The monoisotopic (exact) mass is 276 g/mol. The van der Waals surface area contributed by atoms with Crippen molar-refractivity contribution >= 4 is 17.7 Å². The van der Waals surface area contributed by atoms with Crippen molar-refractivity contribution < 1.29 is 4.79 Å². The van der Waals surface area contributed by atoms with E-state index in [1.165, 1.54) is 10.5 Å². The van der Waals surface area contributed by atoms with Crippen molar-refractivity contribution in [1.82, 2.24) is 10.6 Å². The third-order valence-corrected chi connectivity index (χ3v) is 5.00. The van der Waals surface area contributed by atoms with E-state index in [1.54, 1.807) is 0 Å². The van der Waals surface area contributed by atoms with Crippen LogP contribution >= 0.6 is 11.8 Å². The van der Waals surface area contributed by atoms with Crippen LogP contribution in [-0.4, -0.2) is 29.8 Å². The number of amides is 1. The zero-order valence-electron chi connectivity index (χ0n) is 11.2. The molecule has 102 valence electrons. The molecule has 0 spiro atoms. The van der Waals surface area contributed by atoms with Crippen molar-refractivity contribution in [3.63, 3.8) is 0 Å². The molecule has 1 aliphatic carbocycles. The number of hydrogen-bond acceptors (Lipinski definition) is 3. The standard InChI is InChI=1S/C15H20N2OS/c1-10(15(18)17-12-6-7-12)16-9-13-8-11-4-2-3-5-14(11)19-13/h2-5,10,12-13,16H,6-9H2,1H3,(H,17,18). The quantitative estimate of drug-likeness (QED) is 0.864. The molecule has 0 bridgehead atoms. The lowest BCUT2D eigenvalue weighted by Gasteiger charge is -2.16. The molecule has 1 amide bonds. The third kappa shape index (κ3) is 3.31. The lowest BCUT2D eigenvalue weighted by atomic mass is 10.1. The smallest absolute Gasteiger partial charge is 0.237 e. The SMILES string of the molecule is CC(NCC1Cc2ccccc2S1)C(=O)NC1CC1. The summed E-state index contributed by atoms with van der Waals surface area (Å²) in [7, 11) is 0. The fourth-order valence-corrected chi connectivity index (χ4v) is 3.58. The van der Waals surface area contributed by atoms with Gasteiger partial charge in [0, 0.05) is 22.7 Å². The van der Waals surface area contributed by atoms with Crippen molar-refractivity contribution in [2.45, 2.75) is 48.4 Å². The number of carbonyl (C=O) groups excluding carboxylic acids is 1. The van der Waals surface area contributed by atoms with E-state index in [0.29, 0.717) is 11.3 Å². The van der Waals surface area contributed by atoms with E-state index in [4.69, 9.17) is 0 Å². The Labute approximate surface area is 118 Å². The van der Waals surface area contributed by atoms with Gasteiger partial charge >= 0.3 is 0 Å². The summed E-state index contributed by atoms with van der Waals surface area (Å²) in [5.74, 6) is 0.142. The molecule has 1 fully saturated rings. The minimum atomic E-state index is -0.0927. The Hall–Kier alpha value is -1.00. The molecule has 0 aromatic heterocycles. The highest BCUT2D eigenvalue weighted by Gasteiger charge is 2.26. The Balaban J connectivity index is 1.44. The number of carbonyl (C=O) groups is 1. The first-order valence-corrected chi connectivity index (χ1v) is 7.88. The normalized spacial score (nSPS) is 22.9. The summed E-state index contributed by atoms with van der Waals surface area (Å²) in [6.07, 6.45) is 3.39. The Kier molecular flexibility index (Phi) is 3.80. The molecular weight excluding hydrogens is 256 g/mol. The van der Waals surface area contributed by atoms with Crippen LogP contribution in [0.15, 0.2) is 29.2 Å². The van der Waals surface area contributed by atoms with Gasteiger partial charge < -0.3 is 10.6 Å². The van der Waals surface area contributed by atoms with Gasteiger partial charge in [-0.05, 0) is 37.8 Å². The fourth-order valence-electron chi connectivity index (χ4n) is 2.32. The summed E-state index contributed by atoms with van der Waals surface area (Å²) in [6.45, 7) is 2.84. The molecule has 1 aromatic carbocycles. The molecule has 4 heteroatoms. The summed E-state index contributed by atoms with van der Waals surface area (Å²) < 4.78 is 0. The van der Waals surface area contributed by atoms with Gasteiger partial charge in [0.1, 0.15) is 0 Å². The number of thioether (sulfide) groups is 1. The van der Waals surface area contributed by atoms with Gasteiger partial charge in [-0.25, -0.2) is 0 Å². The van der Waals surface area contributed by atoms with Crippen LogP contribution in [0.2, 0.25) is 0 Å². The molecular formula is C15H20N2OS. The molecule has 1 saturated carbocycles. The van der Waals surface area contributed by atoms with Crippen LogP contribution in [-0.2, 0) is 11.2 Å². The molecule has 2 atom stereocenters. The first kappa shape index (κ1) is 13.0. The van der Waals surface area contributed by atoms with Crippen molar-refractivity contribution in [1.29, 1.82) is 0 Å². The zero-order chi connectivity index (χ0) is 13.2. The maximum atomic E-state index is 11.8. The highest BCUT2D eigenvalue weighted by molar-refractivity contribution is 8.00. The molecule has 1 heterocycles. The lowest BCUT2D eigenvalue weighted by Crippen LogP contribution is -2.45. The minimum Gasteiger partial charge on any atom is -0.352 e. The maximum absolute atomic E-state index is 11.8. The second kappa shape index (κ2) is 5.55. The van der Waals surface area contributed by atoms with Crippen molar-refractivity contribution in [3.8, 4) is 0 Å². The van der Waals surface area contributed by atoms with Crippen LogP contribution in [0.1, 0.15) is 25.3 Å². The molecule has 1 aromatic rings. The van der Waals surface area contributed by atoms with E-state index < -0.39 is 0 Å². The van der Waals surface area contributed by atoms with Gasteiger partial charge in [-0.3, -0.25) is 4.79 Å². The van der Waals surface area contributed by atoms with E-state index in [0.717, 1.165) is 25.8 Å². The van der Waals surface area contributed by atoms with E-state index in [1.807, 2.05) is 18.7 Å². The highest BCUT2D eigenvalue weighted by Crippen LogP contribution is 2.36. The van der Waals surface area contributed by atoms with Gasteiger partial charge in [0.25, 0.3) is 0 Å². The molecule has 2 N–H and O–H groups in total. The van der Waals surface area contributed by atoms with Gasteiger partial charge in [0.2, 0.25) is 5.91 Å². The topological polar surface area (TPSA) is 41.1 Å². The Morgan fingerprint density at radius 2 is 2.21 bits per heavy atom. The number of nitrogens with one attached hydrogen (secondary N) is 2. The van der Waals surface area contributed by atoms with Gasteiger partial charge in [0.05, 0.1) is 6.04 Å². The summed E-state index contributed by atoms with van der Waals surface area (Å²) in [4.78, 5) is 13.2. The fraction of sp³-hybridized carbons (Fsp3) is 0.533. The second-order valence-corrected chi connectivity index (χ2v) is 6.81. The van der Waals surface area contributed by atoms with E-state index >= 15 is 0 Å². The zero-order valence-corrected chi connectivity index (χ0v) is 12.0. The lowest BCUT2D eigenvalue weighted by molar-refractivity contribution is -0.122. The van der Waals surface area contributed by atoms with E-state index in [-0.39, 0.29) is 11.9 Å². The van der Waals surface area contributed by atoms with Crippen LogP contribution in [0.3, 0.4) is 0 Å². The summed E-state index contributed by atoms with van der Waals surface area (Å²) >= 11 is 1.92. The first-order chi connectivity index (χ1) is 9.22. The van der Waals surface area contributed by atoms with Crippen molar-refractivity contribution in [3.05, 3.63) is 29.8 Å². The van der Waals surface area contributed by atoms with Crippen molar-refractivity contribution in [2.24, 2.45) is 0 Å². The predicted octanol–water partition coefficient (Wildman–Crippen LogP) is 1.96. The Bertz CT molecular complexity index is 448. The number of hydrogen-bond donors (Lipinski definition) is 2. The summed E-state index contributed by atoms with van der Waals surface area (Å²) in [6, 6.07) is 8.93. The largest absolute Gasteiger partial charge is 0.352 e. The van der Waals surface area contributed by atoms with Crippen LogP contribution in [0.5, 0.6) is 0 Å². The average molecular weight is 276 g/mol. The van der Waals surface area contributed by atoms with Crippen LogP contribution < -0.4 is 10.6 Å². The summed E-state index contributed by atoms with van der Waals surface area (Å²) in [5.41, 5.74) is 1.44. The minimum absolute atomic E-state index is 0.0927. The van der Waals surface area contributed by atoms with E-state index in [2.05, 4.69) is 34.9 Å². The maximum Gasteiger partial charge on any atom is 0.237 e. The molecule has 3 nitrogen and oxygen atoms in total. The highest BCUT2D eigenvalue weighted by atomic mass is 32.2. The van der Waals surface area contributed by atoms with Gasteiger partial charge in [-0.1, -0.05) is 18.2 Å². The Morgan fingerprint density at radius 1 is 1.42 bits per heavy atom. The molecule has 0 saturated heterocycles. The van der Waals surface area contributed by atoms with Crippen molar-refractivity contribution in [2.75, 3.05) is 6.54 Å². The molecule has 2 aliphatic rings. The van der Waals surface area contributed by atoms with Crippen LogP contribution in [0.25, 0.3) is 0 Å². The molecule has 3 rings (SSSR count). The second-order valence-electron chi connectivity index (χ2n) is 5.46. The third-order valence-electron chi connectivity index (χ3n) is 3.68. The van der Waals surface area contributed by atoms with Crippen LogP contribution in [0, 0.1) is 0 Å². The van der Waals surface area contributed by atoms with Gasteiger partial charge in [-0.15, -0.1) is 11.8 Å². The molecule has 1 aliphatic heterocycles. The molecule has 0 radical (unpaired) electrons. The predicted molar refractivity (Wildman–Crippen MR) is 78.4 cm³/mol. The molecule has 19 heavy (non-hydrogen) atoms. The Morgan fingerprint density at radius 3 is 2.95 bits per heavy atom. The summed E-state index contributed by atoms with van der Waals surface area (Å²) in [5, 5.41) is 6.95. The average Bonchev–Trinajstić information content (AvgIpc) is 3.12. The van der Waals surface area contributed by atoms with Crippen LogP contribution in [0.4, 0.5) is 0 Å². The number of benzene rings is 1. The number of fused-ring (bicyclic) bond motifs is 1. The first-order valence-electron chi connectivity index (χ1n) is 7.00.